The highest BCUT2D eigenvalue weighted by molar-refractivity contribution is 6.00. The van der Waals surface area contributed by atoms with Crippen molar-refractivity contribution in [1.82, 2.24) is 5.32 Å². The van der Waals surface area contributed by atoms with Crippen molar-refractivity contribution >= 4 is 17.7 Å². The molecule has 4 saturated carbocycles. The molecule has 25 heavy (non-hydrogen) atoms. The van der Waals surface area contributed by atoms with Crippen LogP contribution in [0.25, 0.3) is 0 Å². The van der Waals surface area contributed by atoms with E-state index in [0.717, 1.165) is 24.3 Å². The minimum Gasteiger partial charge on any atom is -0.465 e. The summed E-state index contributed by atoms with van der Waals surface area (Å²) in [6, 6.07) is 6.68. The molecule has 1 aromatic carbocycles. The lowest BCUT2D eigenvalue weighted by Gasteiger charge is -2.56. The average molecular weight is 342 g/mol. The third-order valence-corrected chi connectivity index (χ3v) is 6.37. The van der Waals surface area contributed by atoms with E-state index >= 15 is 0 Å². The molecule has 5 rings (SSSR count). The van der Waals surface area contributed by atoms with Gasteiger partial charge in [0.15, 0.2) is 0 Å². The van der Waals surface area contributed by atoms with Gasteiger partial charge in [-0.1, -0.05) is 12.1 Å². The topological polar surface area (TPSA) is 67.4 Å². The number of ether oxygens (including phenoxy) is 1. The number of amides is 2. The van der Waals surface area contributed by atoms with E-state index < -0.39 is 5.97 Å². The molecule has 0 spiro atoms. The largest absolute Gasteiger partial charge is 0.465 e. The lowest BCUT2D eigenvalue weighted by Crippen LogP contribution is -2.51. The van der Waals surface area contributed by atoms with Gasteiger partial charge in [-0.15, -0.1) is 0 Å². The lowest BCUT2D eigenvalue weighted by atomic mass is 9.49. The molecule has 2 amide bonds. The van der Waals surface area contributed by atoms with E-state index in [1.165, 1.54) is 45.6 Å². The molecule has 0 aromatic heterocycles. The summed E-state index contributed by atoms with van der Waals surface area (Å²) in [5.41, 5.74) is 1.15. The molecule has 5 nitrogen and oxygen atoms in total. The van der Waals surface area contributed by atoms with Crippen LogP contribution in [0.4, 0.5) is 10.5 Å². The van der Waals surface area contributed by atoms with Gasteiger partial charge in [-0.25, -0.2) is 9.59 Å². The Hall–Kier alpha value is -2.04. The molecular weight excluding hydrogens is 316 g/mol. The van der Waals surface area contributed by atoms with Gasteiger partial charge < -0.3 is 15.4 Å². The fourth-order valence-corrected chi connectivity index (χ4v) is 5.82. The highest BCUT2D eigenvalue weighted by atomic mass is 16.5. The molecule has 1 aromatic rings. The Kier molecular flexibility index (Phi) is 4.18. The first-order valence-corrected chi connectivity index (χ1v) is 9.29. The molecule has 5 heteroatoms. The van der Waals surface area contributed by atoms with Gasteiger partial charge in [0, 0.05) is 6.54 Å². The third kappa shape index (κ3) is 3.24. The molecule has 0 radical (unpaired) electrons. The number of methoxy groups -OCH3 is 1. The van der Waals surface area contributed by atoms with E-state index in [1.54, 1.807) is 24.3 Å². The Morgan fingerprint density at radius 3 is 2.28 bits per heavy atom. The Labute approximate surface area is 148 Å². The second kappa shape index (κ2) is 6.36. The van der Waals surface area contributed by atoms with Crippen molar-refractivity contribution in [2.75, 3.05) is 19.0 Å². The molecule has 0 aliphatic heterocycles. The average Bonchev–Trinajstić information content (AvgIpc) is 2.59. The molecular formula is C20H26N2O3. The molecule has 0 heterocycles. The fraction of sp³-hybridized carbons (Fsp3) is 0.600. The van der Waals surface area contributed by atoms with Crippen molar-refractivity contribution in [3.8, 4) is 0 Å². The zero-order valence-electron chi connectivity index (χ0n) is 14.7. The molecule has 134 valence electrons. The van der Waals surface area contributed by atoms with Crippen LogP contribution in [0.15, 0.2) is 24.3 Å². The van der Waals surface area contributed by atoms with Crippen LogP contribution < -0.4 is 10.6 Å². The van der Waals surface area contributed by atoms with E-state index in [9.17, 15) is 9.59 Å². The molecule has 0 atom stereocenters. The first-order chi connectivity index (χ1) is 12.1. The van der Waals surface area contributed by atoms with Gasteiger partial charge in [-0.2, -0.15) is 0 Å². The second-order valence-electron chi connectivity index (χ2n) is 8.26. The molecule has 4 bridgehead atoms. The van der Waals surface area contributed by atoms with Gasteiger partial charge in [-0.3, -0.25) is 0 Å². The van der Waals surface area contributed by atoms with Crippen LogP contribution in [0.5, 0.6) is 0 Å². The number of esters is 1. The minimum absolute atomic E-state index is 0.243. The summed E-state index contributed by atoms with van der Waals surface area (Å²) in [6.45, 7) is 0.739. The predicted molar refractivity (Wildman–Crippen MR) is 95.4 cm³/mol. The van der Waals surface area contributed by atoms with E-state index in [2.05, 4.69) is 10.6 Å². The SMILES string of the molecule is COC(=O)c1ccccc1NC(=O)NCC12CC3CC(CC(C3)C1)C2. The summed E-state index contributed by atoms with van der Waals surface area (Å²) in [7, 11) is 1.34. The van der Waals surface area contributed by atoms with Gasteiger partial charge >= 0.3 is 12.0 Å². The number of carbonyl (C=O) groups is 2. The number of para-hydroxylation sites is 1. The summed E-state index contributed by atoms with van der Waals surface area (Å²) in [5.74, 6) is 2.17. The molecule has 4 fully saturated rings. The number of hydrogen-bond donors (Lipinski definition) is 2. The molecule has 2 N–H and O–H groups in total. The van der Waals surface area contributed by atoms with Gasteiger partial charge in [0.1, 0.15) is 0 Å². The predicted octanol–water partition coefficient (Wildman–Crippen LogP) is 3.81. The van der Waals surface area contributed by atoms with E-state index in [0.29, 0.717) is 16.7 Å². The van der Waals surface area contributed by atoms with Crippen LogP contribution in [-0.4, -0.2) is 25.7 Å². The van der Waals surface area contributed by atoms with Crippen molar-refractivity contribution in [3.63, 3.8) is 0 Å². The maximum atomic E-state index is 12.4. The maximum Gasteiger partial charge on any atom is 0.339 e. The summed E-state index contributed by atoms with van der Waals surface area (Å²) >= 11 is 0. The number of nitrogens with one attached hydrogen (secondary N) is 2. The number of carbonyl (C=O) groups excluding carboxylic acids is 2. The second-order valence-corrected chi connectivity index (χ2v) is 8.26. The number of benzene rings is 1. The summed E-state index contributed by atoms with van der Waals surface area (Å²) < 4.78 is 4.77. The highest BCUT2D eigenvalue weighted by Gasteiger charge is 2.50. The number of urea groups is 1. The summed E-state index contributed by atoms with van der Waals surface area (Å²) in [6.07, 6.45) is 7.99. The highest BCUT2D eigenvalue weighted by Crippen LogP contribution is 2.59. The Morgan fingerprint density at radius 1 is 1.08 bits per heavy atom. The van der Waals surface area contributed by atoms with Crippen LogP contribution >= 0.6 is 0 Å². The Morgan fingerprint density at radius 2 is 1.68 bits per heavy atom. The fourth-order valence-electron chi connectivity index (χ4n) is 5.82. The summed E-state index contributed by atoms with van der Waals surface area (Å²) in [4.78, 5) is 24.2. The van der Waals surface area contributed by atoms with Crippen molar-refractivity contribution in [3.05, 3.63) is 29.8 Å². The first-order valence-electron chi connectivity index (χ1n) is 9.29. The van der Waals surface area contributed by atoms with Crippen molar-refractivity contribution in [2.24, 2.45) is 23.2 Å². The minimum atomic E-state index is -0.447. The number of rotatable bonds is 4. The maximum absolute atomic E-state index is 12.4. The number of hydrogen-bond acceptors (Lipinski definition) is 3. The zero-order valence-corrected chi connectivity index (χ0v) is 14.7. The van der Waals surface area contributed by atoms with Crippen LogP contribution in [0.2, 0.25) is 0 Å². The van der Waals surface area contributed by atoms with E-state index in [4.69, 9.17) is 4.74 Å². The standard InChI is InChI=1S/C20H26N2O3/c1-25-18(23)16-4-2-3-5-17(16)22-19(24)21-12-20-9-13-6-14(10-20)8-15(7-13)11-20/h2-5,13-15H,6-12H2,1H3,(H2,21,22,24). The summed E-state index contributed by atoms with van der Waals surface area (Å²) in [5, 5.41) is 5.88. The van der Waals surface area contributed by atoms with E-state index in [1.807, 2.05) is 0 Å². The van der Waals surface area contributed by atoms with Crippen LogP contribution in [0.3, 0.4) is 0 Å². The quantitative estimate of drug-likeness (QED) is 0.818. The monoisotopic (exact) mass is 342 g/mol. The zero-order chi connectivity index (χ0) is 17.4. The smallest absolute Gasteiger partial charge is 0.339 e. The third-order valence-electron chi connectivity index (χ3n) is 6.37. The molecule has 4 aliphatic rings. The van der Waals surface area contributed by atoms with Gasteiger partial charge in [0.05, 0.1) is 18.4 Å². The van der Waals surface area contributed by atoms with Gasteiger partial charge in [0.2, 0.25) is 0 Å². The van der Waals surface area contributed by atoms with E-state index in [-0.39, 0.29) is 6.03 Å². The first kappa shape index (κ1) is 16.4. The normalized spacial score (nSPS) is 32.3. The van der Waals surface area contributed by atoms with Crippen molar-refractivity contribution in [1.29, 1.82) is 0 Å². The molecule has 0 unspecified atom stereocenters. The van der Waals surface area contributed by atoms with Crippen molar-refractivity contribution < 1.29 is 14.3 Å². The molecule has 0 saturated heterocycles. The van der Waals surface area contributed by atoms with Crippen LogP contribution in [-0.2, 0) is 4.74 Å². The molecule has 4 aliphatic carbocycles. The lowest BCUT2D eigenvalue weighted by molar-refractivity contribution is -0.0496. The van der Waals surface area contributed by atoms with Gasteiger partial charge in [0.25, 0.3) is 0 Å². The van der Waals surface area contributed by atoms with Crippen LogP contribution in [0.1, 0.15) is 48.9 Å². The number of anilines is 1. The van der Waals surface area contributed by atoms with Gasteiger partial charge in [-0.05, 0) is 73.8 Å². The Bertz CT molecular complexity index is 650. The van der Waals surface area contributed by atoms with Crippen molar-refractivity contribution in [2.45, 2.75) is 38.5 Å². The Balaban J connectivity index is 1.38. The van der Waals surface area contributed by atoms with Crippen LogP contribution in [0, 0.1) is 23.2 Å².